The van der Waals surface area contributed by atoms with E-state index in [1.165, 1.54) is 7.11 Å². The van der Waals surface area contributed by atoms with E-state index in [2.05, 4.69) is 9.99 Å². The Hall–Kier alpha value is -1.06. The molecule has 1 N–H and O–H groups in total. The maximum atomic E-state index is 9.53. The number of rotatable bonds is 2. The maximum Gasteiger partial charge on any atom is 0.350 e. The molecule has 7 heavy (non-hydrogen) atoms. The van der Waals surface area contributed by atoms with Gasteiger partial charge in [0.1, 0.15) is 7.11 Å². The van der Waals surface area contributed by atoms with Crippen molar-refractivity contribution in [2.24, 2.45) is 5.16 Å². The van der Waals surface area contributed by atoms with Crippen LogP contribution in [0.5, 0.6) is 0 Å². The zero-order chi connectivity index (χ0) is 5.70. The molecule has 0 radical (unpaired) electrons. The molecule has 0 fully saturated rings. The highest BCUT2D eigenvalue weighted by molar-refractivity contribution is 6.21. The van der Waals surface area contributed by atoms with Gasteiger partial charge in [0.2, 0.25) is 0 Å². The predicted molar refractivity (Wildman–Crippen MR) is 23.1 cm³/mol. The molecular weight excluding hydrogens is 98.0 g/mol. The van der Waals surface area contributed by atoms with Gasteiger partial charge in [-0.05, 0) is 0 Å². The van der Waals surface area contributed by atoms with Crippen LogP contribution in [0.1, 0.15) is 0 Å². The summed E-state index contributed by atoms with van der Waals surface area (Å²) in [6.07, 6.45) is 0.667. The Kier molecular flexibility index (Phi) is 2.67. The number of carboxylic acids is 1. The Morgan fingerprint density at radius 1 is 2.00 bits per heavy atom. The lowest BCUT2D eigenvalue weighted by atomic mass is 10.8. The molecule has 0 aromatic carbocycles. The fourth-order valence-corrected chi connectivity index (χ4v) is 0.0978. The van der Waals surface area contributed by atoms with Crippen LogP contribution in [-0.4, -0.2) is 24.4 Å². The molecule has 0 amide bonds. The van der Waals surface area contributed by atoms with Gasteiger partial charge in [-0.25, -0.2) is 4.79 Å². The SMILES string of the molecule is CO/N=C/C(=O)O. The average molecular weight is 103 g/mol. The summed E-state index contributed by atoms with van der Waals surface area (Å²) in [6.45, 7) is 0. The lowest BCUT2D eigenvalue weighted by molar-refractivity contribution is -0.129. The Balaban J connectivity index is 3.26. The van der Waals surface area contributed by atoms with E-state index in [9.17, 15) is 4.79 Å². The Labute approximate surface area is 40.4 Å². The largest absolute Gasteiger partial charge is 0.477 e. The second-order valence-corrected chi connectivity index (χ2v) is 0.755. The maximum absolute atomic E-state index is 9.53. The van der Waals surface area contributed by atoms with Crippen molar-refractivity contribution in [2.45, 2.75) is 0 Å². The molecular formula is C3H5NO3. The fourth-order valence-electron chi connectivity index (χ4n) is 0.0978. The molecule has 0 aliphatic carbocycles. The van der Waals surface area contributed by atoms with Crippen molar-refractivity contribution in [1.82, 2.24) is 0 Å². The number of hydrogen-bond acceptors (Lipinski definition) is 3. The summed E-state index contributed by atoms with van der Waals surface area (Å²) in [4.78, 5) is 13.6. The Morgan fingerprint density at radius 3 is 2.71 bits per heavy atom. The zero-order valence-electron chi connectivity index (χ0n) is 3.79. The third-order valence-electron chi connectivity index (χ3n) is 0.269. The van der Waals surface area contributed by atoms with Crippen molar-refractivity contribution in [3.63, 3.8) is 0 Å². The number of carboxylic acid groups (broad SMARTS) is 1. The van der Waals surface area contributed by atoms with E-state index in [1.807, 2.05) is 0 Å². The van der Waals surface area contributed by atoms with Gasteiger partial charge in [0.25, 0.3) is 0 Å². The topological polar surface area (TPSA) is 58.9 Å². The van der Waals surface area contributed by atoms with Crippen LogP contribution >= 0.6 is 0 Å². The van der Waals surface area contributed by atoms with Gasteiger partial charge in [0, 0.05) is 0 Å². The van der Waals surface area contributed by atoms with Gasteiger partial charge < -0.3 is 9.94 Å². The molecule has 4 nitrogen and oxygen atoms in total. The molecule has 0 aromatic rings. The van der Waals surface area contributed by atoms with Gasteiger partial charge in [0.15, 0.2) is 6.21 Å². The first-order valence-corrected chi connectivity index (χ1v) is 1.57. The van der Waals surface area contributed by atoms with E-state index in [0.29, 0.717) is 6.21 Å². The molecule has 4 heteroatoms. The standard InChI is InChI=1S/C3H5NO3/c1-7-4-2-3(5)6/h2H,1H3,(H,5,6)/b4-2+. The first-order valence-electron chi connectivity index (χ1n) is 1.57. The second-order valence-electron chi connectivity index (χ2n) is 0.755. The number of hydrogen-bond donors (Lipinski definition) is 1. The summed E-state index contributed by atoms with van der Waals surface area (Å²) in [5.41, 5.74) is 0. The Morgan fingerprint density at radius 2 is 2.57 bits per heavy atom. The summed E-state index contributed by atoms with van der Waals surface area (Å²) < 4.78 is 0. The summed E-state index contributed by atoms with van der Waals surface area (Å²) in [5, 5.41) is 10.8. The van der Waals surface area contributed by atoms with E-state index < -0.39 is 5.97 Å². The minimum absolute atomic E-state index is 0.667. The minimum atomic E-state index is -1.11. The molecule has 0 saturated heterocycles. The van der Waals surface area contributed by atoms with Crippen molar-refractivity contribution in [2.75, 3.05) is 7.11 Å². The van der Waals surface area contributed by atoms with Gasteiger partial charge in [-0.15, -0.1) is 0 Å². The van der Waals surface area contributed by atoms with Crippen LogP contribution in [-0.2, 0) is 9.63 Å². The first kappa shape index (κ1) is 5.94. The van der Waals surface area contributed by atoms with Gasteiger partial charge in [-0.1, -0.05) is 5.16 Å². The predicted octanol–water partition coefficient (Wildman–Crippen LogP) is -0.297. The van der Waals surface area contributed by atoms with E-state index in [0.717, 1.165) is 0 Å². The van der Waals surface area contributed by atoms with Crippen molar-refractivity contribution < 1.29 is 14.7 Å². The molecule has 0 rings (SSSR count). The smallest absolute Gasteiger partial charge is 0.350 e. The van der Waals surface area contributed by atoms with E-state index in [-0.39, 0.29) is 0 Å². The molecule has 0 unspecified atom stereocenters. The Bertz CT molecular complexity index is 88.2. The number of aliphatic carboxylic acids is 1. The number of oxime groups is 1. The molecule has 0 aromatic heterocycles. The van der Waals surface area contributed by atoms with E-state index >= 15 is 0 Å². The van der Waals surface area contributed by atoms with Gasteiger partial charge >= 0.3 is 5.97 Å². The monoisotopic (exact) mass is 103 g/mol. The van der Waals surface area contributed by atoms with Gasteiger partial charge in [0.05, 0.1) is 0 Å². The van der Waals surface area contributed by atoms with Crippen LogP contribution in [0.2, 0.25) is 0 Å². The van der Waals surface area contributed by atoms with Crippen molar-refractivity contribution >= 4 is 12.2 Å². The van der Waals surface area contributed by atoms with E-state index in [1.54, 1.807) is 0 Å². The molecule has 0 bridgehead atoms. The molecule has 0 aliphatic rings. The van der Waals surface area contributed by atoms with Crippen LogP contribution < -0.4 is 0 Å². The minimum Gasteiger partial charge on any atom is -0.477 e. The van der Waals surface area contributed by atoms with Crippen LogP contribution in [0, 0.1) is 0 Å². The molecule has 0 heterocycles. The molecule has 0 atom stereocenters. The molecule has 0 aliphatic heterocycles. The highest BCUT2D eigenvalue weighted by Gasteiger charge is 1.82. The van der Waals surface area contributed by atoms with Gasteiger partial charge in [-0.3, -0.25) is 0 Å². The third-order valence-corrected chi connectivity index (χ3v) is 0.269. The first-order chi connectivity index (χ1) is 3.27. The van der Waals surface area contributed by atoms with Crippen LogP contribution in [0.15, 0.2) is 5.16 Å². The number of nitrogens with zero attached hydrogens (tertiary/aromatic N) is 1. The van der Waals surface area contributed by atoms with Crippen LogP contribution in [0.25, 0.3) is 0 Å². The molecule has 0 spiro atoms. The molecule has 0 saturated carbocycles. The van der Waals surface area contributed by atoms with Crippen LogP contribution in [0.3, 0.4) is 0 Å². The fraction of sp³-hybridized carbons (Fsp3) is 0.333. The second kappa shape index (κ2) is 3.14. The van der Waals surface area contributed by atoms with Crippen molar-refractivity contribution in [3.8, 4) is 0 Å². The summed E-state index contributed by atoms with van der Waals surface area (Å²) in [6, 6.07) is 0. The highest BCUT2D eigenvalue weighted by Crippen LogP contribution is 1.61. The lowest BCUT2D eigenvalue weighted by Gasteiger charge is -1.78. The summed E-state index contributed by atoms with van der Waals surface area (Å²) in [5.74, 6) is -1.11. The van der Waals surface area contributed by atoms with Crippen molar-refractivity contribution in [3.05, 3.63) is 0 Å². The van der Waals surface area contributed by atoms with Crippen molar-refractivity contribution in [1.29, 1.82) is 0 Å². The lowest BCUT2D eigenvalue weighted by Crippen LogP contribution is -1.94. The quantitative estimate of drug-likeness (QED) is 0.385. The number of carbonyl (C=O) groups is 1. The van der Waals surface area contributed by atoms with Gasteiger partial charge in [-0.2, -0.15) is 0 Å². The van der Waals surface area contributed by atoms with Crippen LogP contribution in [0.4, 0.5) is 0 Å². The highest BCUT2D eigenvalue weighted by atomic mass is 16.6. The molecule has 40 valence electrons. The average Bonchev–Trinajstić information content (AvgIpc) is 1.61. The zero-order valence-corrected chi connectivity index (χ0v) is 3.79. The summed E-state index contributed by atoms with van der Waals surface area (Å²) in [7, 11) is 1.28. The third kappa shape index (κ3) is 4.94. The van der Waals surface area contributed by atoms with E-state index in [4.69, 9.17) is 5.11 Å². The summed E-state index contributed by atoms with van der Waals surface area (Å²) >= 11 is 0. The normalized spacial score (nSPS) is 9.29.